The molecule has 0 atom stereocenters. The Balaban J connectivity index is 2.52. The minimum absolute atomic E-state index is 0.0192. The largest absolute Gasteiger partial charge is 0.396 e. The lowest BCUT2D eigenvalue weighted by atomic mass is 10.1. The van der Waals surface area contributed by atoms with Crippen LogP contribution in [0.25, 0.3) is 0 Å². The van der Waals surface area contributed by atoms with Gasteiger partial charge in [-0.1, -0.05) is 0 Å². The normalized spacial score (nSPS) is 10.2. The smallest absolute Gasteiger partial charge is 0.224 e. The standard InChI is InChI=1S/C11H13F2NO2/c12-9-2-3-10(13)8(6-9)7-11(16)14-4-1-5-15/h2-3,6,15H,1,4-5,7H2,(H,14,16). The van der Waals surface area contributed by atoms with Gasteiger partial charge in [0, 0.05) is 18.7 Å². The fourth-order valence-corrected chi connectivity index (χ4v) is 1.22. The number of carbonyl (C=O) groups is 1. The molecule has 1 rings (SSSR count). The molecule has 1 aromatic carbocycles. The fraction of sp³-hybridized carbons (Fsp3) is 0.364. The highest BCUT2D eigenvalue weighted by Gasteiger charge is 2.08. The summed E-state index contributed by atoms with van der Waals surface area (Å²) in [5.74, 6) is -1.56. The first kappa shape index (κ1) is 12.6. The van der Waals surface area contributed by atoms with Crippen molar-refractivity contribution < 1.29 is 18.7 Å². The Bertz CT molecular complexity index is 369. The third-order valence-electron chi connectivity index (χ3n) is 2.02. The fourth-order valence-electron chi connectivity index (χ4n) is 1.22. The topological polar surface area (TPSA) is 49.3 Å². The Morgan fingerprint density at radius 1 is 1.38 bits per heavy atom. The van der Waals surface area contributed by atoms with E-state index in [0.717, 1.165) is 18.2 Å². The van der Waals surface area contributed by atoms with Crippen molar-refractivity contribution in [2.45, 2.75) is 12.8 Å². The molecule has 0 aliphatic carbocycles. The second-order valence-electron chi connectivity index (χ2n) is 3.34. The molecule has 0 aromatic heterocycles. The molecule has 2 N–H and O–H groups in total. The summed E-state index contributed by atoms with van der Waals surface area (Å²) in [6, 6.07) is 3.00. The molecular weight excluding hydrogens is 216 g/mol. The SMILES string of the molecule is O=C(Cc1cc(F)ccc1F)NCCCO. The quantitative estimate of drug-likeness (QED) is 0.740. The monoisotopic (exact) mass is 229 g/mol. The van der Waals surface area contributed by atoms with E-state index in [1.807, 2.05) is 0 Å². The number of hydrogen-bond acceptors (Lipinski definition) is 2. The van der Waals surface area contributed by atoms with E-state index in [-0.39, 0.29) is 18.6 Å². The molecule has 0 saturated heterocycles. The van der Waals surface area contributed by atoms with Gasteiger partial charge in [0.1, 0.15) is 11.6 Å². The highest BCUT2D eigenvalue weighted by molar-refractivity contribution is 5.78. The van der Waals surface area contributed by atoms with E-state index in [1.165, 1.54) is 0 Å². The maximum absolute atomic E-state index is 13.1. The van der Waals surface area contributed by atoms with Crippen LogP contribution in [0.3, 0.4) is 0 Å². The molecule has 16 heavy (non-hydrogen) atoms. The van der Waals surface area contributed by atoms with Crippen molar-refractivity contribution >= 4 is 5.91 Å². The van der Waals surface area contributed by atoms with Gasteiger partial charge < -0.3 is 10.4 Å². The molecule has 0 aliphatic rings. The van der Waals surface area contributed by atoms with Crippen LogP contribution in [-0.2, 0) is 11.2 Å². The van der Waals surface area contributed by atoms with E-state index in [1.54, 1.807) is 0 Å². The van der Waals surface area contributed by atoms with E-state index in [0.29, 0.717) is 13.0 Å². The van der Waals surface area contributed by atoms with Crippen molar-refractivity contribution in [3.8, 4) is 0 Å². The molecule has 0 saturated carbocycles. The van der Waals surface area contributed by atoms with Crippen LogP contribution in [0.2, 0.25) is 0 Å². The minimum atomic E-state index is -0.598. The van der Waals surface area contributed by atoms with Crippen LogP contribution in [0.15, 0.2) is 18.2 Å². The van der Waals surface area contributed by atoms with Gasteiger partial charge in [-0.3, -0.25) is 4.79 Å². The second-order valence-corrected chi connectivity index (χ2v) is 3.34. The molecule has 0 fully saturated rings. The van der Waals surface area contributed by atoms with E-state index in [4.69, 9.17) is 5.11 Å². The molecule has 0 unspecified atom stereocenters. The first-order chi connectivity index (χ1) is 7.63. The zero-order valence-electron chi connectivity index (χ0n) is 8.67. The molecule has 3 nitrogen and oxygen atoms in total. The molecule has 0 spiro atoms. The highest BCUT2D eigenvalue weighted by Crippen LogP contribution is 2.10. The van der Waals surface area contributed by atoms with Gasteiger partial charge in [-0.2, -0.15) is 0 Å². The number of halogens is 2. The van der Waals surface area contributed by atoms with Crippen LogP contribution in [-0.4, -0.2) is 24.2 Å². The number of rotatable bonds is 5. The molecule has 0 heterocycles. The zero-order chi connectivity index (χ0) is 12.0. The molecule has 0 bridgehead atoms. The van der Waals surface area contributed by atoms with Crippen molar-refractivity contribution in [3.63, 3.8) is 0 Å². The minimum Gasteiger partial charge on any atom is -0.396 e. The van der Waals surface area contributed by atoms with Crippen LogP contribution >= 0.6 is 0 Å². The maximum atomic E-state index is 13.1. The predicted octanol–water partition coefficient (Wildman–Crippen LogP) is 1.01. The summed E-state index contributed by atoms with van der Waals surface area (Å²) < 4.78 is 25.9. The number of carbonyl (C=O) groups excluding carboxylic acids is 1. The van der Waals surface area contributed by atoms with Gasteiger partial charge in [-0.25, -0.2) is 8.78 Å². The number of benzene rings is 1. The molecule has 0 radical (unpaired) electrons. The lowest BCUT2D eigenvalue weighted by molar-refractivity contribution is -0.120. The predicted molar refractivity (Wildman–Crippen MR) is 54.8 cm³/mol. The Kier molecular flexibility index (Phi) is 4.85. The maximum Gasteiger partial charge on any atom is 0.224 e. The van der Waals surface area contributed by atoms with Crippen LogP contribution in [0.1, 0.15) is 12.0 Å². The van der Waals surface area contributed by atoms with Crippen LogP contribution in [0, 0.1) is 11.6 Å². The zero-order valence-corrected chi connectivity index (χ0v) is 8.67. The summed E-state index contributed by atoms with van der Waals surface area (Å²) in [5.41, 5.74) is 0.0292. The Labute approximate surface area is 92.1 Å². The molecule has 88 valence electrons. The van der Waals surface area contributed by atoms with E-state index in [2.05, 4.69) is 5.32 Å². The third-order valence-corrected chi connectivity index (χ3v) is 2.02. The van der Waals surface area contributed by atoms with Gasteiger partial charge in [-0.15, -0.1) is 0 Å². The number of nitrogens with one attached hydrogen (secondary N) is 1. The Morgan fingerprint density at radius 3 is 2.81 bits per heavy atom. The number of aliphatic hydroxyl groups is 1. The van der Waals surface area contributed by atoms with Crippen molar-refractivity contribution in [2.24, 2.45) is 0 Å². The lowest BCUT2D eigenvalue weighted by Crippen LogP contribution is -2.27. The van der Waals surface area contributed by atoms with Gasteiger partial charge in [0.05, 0.1) is 6.42 Å². The van der Waals surface area contributed by atoms with E-state index in [9.17, 15) is 13.6 Å². The van der Waals surface area contributed by atoms with Crippen LogP contribution in [0.5, 0.6) is 0 Å². The summed E-state index contributed by atoms with van der Waals surface area (Å²) in [5, 5.41) is 11.0. The van der Waals surface area contributed by atoms with Gasteiger partial charge in [0.15, 0.2) is 0 Å². The van der Waals surface area contributed by atoms with Gasteiger partial charge >= 0.3 is 0 Å². The molecule has 1 amide bonds. The van der Waals surface area contributed by atoms with Gasteiger partial charge in [0.25, 0.3) is 0 Å². The van der Waals surface area contributed by atoms with Crippen LogP contribution in [0.4, 0.5) is 8.78 Å². The van der Waals surface area contributed by atoms with Crippen molar-refractivity contribution in [1.29, 1.82) is 0 Å². The molecule has 1 aromatic rings. The highest BCUT2D eigenvalue weighted by atomic mass is 19.1. The summed E-state index contributed by atoms with van der Waals surface area (Å²) >= 11 is 0. The van der Waals surface area contributed by atoms with E-state index < -0.39 is 17.5 Å². The number of hydrogen-bond donors (Lipinski definition) is 2. The van der Waals surface area contributed by atoms with Gasteiger partial charge in [-0.05, 0) is 24.6 Å². The average Bonchev–Trinajstić information content (AvgIpc) is 2.24. The summed E-state index contributed by atoms with van der Waals surface area (Å²) in [7, 11) is 0. The molecule has 5 heteroatoms. The molecular formula is C11H13F2NO2. The molecule has 0 aliphatic heterocycles. The lowest BCUT2D eigenvalue weighted by Gasteiger charge is -2.05. The van der Waals surface area contributed by atoms with Crippen molar-refractivity contribution in [1.82, 2.24) is 5.32 Å². The average molecular weight is 229 g/mol. The number of amides is 1. The van der Waals surface area contributed by atoms with E-state index >= 15 is 0 Å². The summed E-state index contributed by atoms with van der Waals surface area (Å²) in [4.78, 5) is 11.3. The Hall–Kier alpha value is -1.49. The van der Waals surface area contributed by atoms with Crippen molar-refractivity contribution in [2.75, 3.05) is 13.2 Å². The first-order valence-electron chi connectivity index (χ1n) is 4.95. The third kappa shape index (κ3) is 3.94. The number of aliphatic hydroxyl groups excluding tert-OH is 1. The van der Waals surface area contributed by atoms with Crippen LogP contribution < -0.4 is 5.32 Å². The second kappa shape index (κ2) is 6.17. The summed E-state index contributed by atoms with van der Waals surface area (Å²) in [6.07, 6.45) is 0.242. The Morgan fingerprint density at radius 2 is 2.12 bits per heavy atom. The summed E-state index contributed by atoms with van der Waals surface area (Å²) in [6.45, 7) is 0.306. The van der Waals surface area contributed by atoms with Crippen molar-refractivity contribution in [3.05, 3.63) is 35.4 Å². The first-order valence-corrected chi connectivity index (χ1v) is 4.95. The van der Waals surface area contributed by atoms with Gasteiger partial charge in [0.2, 0.25) is 5.91 Å².